The minimum Gasteiger partial charge on any atom is -0.497 e. The molecule has 2 N–H and O–H groups in total. The lowest BCUT2D eigenvalue weighted by Gasteiger charge is -2.16. The summed E-state index contributed by atoms with van der Waals surface area (Å²) in [7, 11) is 1.66. The van der Waals surface area contributed by atoms with Crippen LogP contribution in [0.4, 0.5) is 4.79 Å². The van der Waals surface area contributed by atoms with Crippen molar-refractivity contribution in [3.05, 3.63) is 71.8 Å². The molecule has 3 aromatic rings. The van der Waals surface area contributed by atoms with Crippen molar-refractivity contribution in [1.82, 2.24) is 10.6 Å². The highest BCUT2D eigenvalue weighted by Crippen LogP contribution is 2.22. The zero-order valence-corrected chi connectivity index (χ0v) is 16.5. The summed E-state index contributed by atoms with van der Waals surface area (Å²) in [5.41, 5.74) is 2.07. The smallest absolute Gasteiger partial charge is 0.315 e. The van der Waals surface area contributed by atoms with E-state index in [-0.39, 0.29) is 12.1 Å². The van der Waals surface area contributed by atoms with Crippen LogP contribution in [0.1, 0.15) is 31.0 Å². The zero-order valence-electron chi connectivity index (χ0n) is 16.5. The van der Waals surface area contributed by atoms with Crippen LogP contribution in [0.3, 0.4) is 0 Å². The van der Waals surface area contributed by atoms with E-state index in [1.807, 2.05) is 68.4 Å². The lowest BCUT2D eigenvalue weighted by molar-refractivity contribution is 0.237. The molecule has 0 saturated carbocycles. The largest absolute Gasteiger partial charge is 0.497 e. The zero-order chi connectivity index (χ0) is 19.9. The van der Waals surface area contributed by atoms with Gasteiger partial charge in [-0.15, -0.1) is 0 Å². The Hall–Kier alpha value is -3.21. The Morgan fingerprint density at radius 2 is 1.64 bits per heavy atom. The van der Waals surface area contributed by atoms with Crippen molar-refractivity contribution in [2.24, 2.45) is 0 Å². The van der Waals surface area contributed by atoms with Gasteiger partial charge < -0.3 is 20.1 Å². The van der Waals surface area contributed by atoms with Crippen LogP contribution in [0.15, 0.2) is 60.7 Å². The Bertz CT molecular complexity index is 938. The van der Waals surface area contributed by atoms with Gasteiger partial charge in [0, 0.05) is 6.54 Å². The molecule has 1 atom stereocenters. The summed E-state index contributed by atoms with van der Waals surface area (Å²) < 4.78 is 10.7. The normalized spacial score (nSPS) is 11.7. The summed E-state index contributed by atoms with van der Waals surface area (Å²) >= 11 is 0. The van der Waals surface area contributed by atoms with Crippen molar-refractivity contribution in [1.29, 1.82) is 0 Å². The van der Waals surface area contributed by atoms with Gasteiger partial charge in [0.2, 0.25) is 0 Å². The first-order valence-corrected chi connectivity index (χ1v) is 9.43. The van der Waals surface area contributed by atoms with E-state index in [4.69, 9.17) is 9.47 Å². The standard InChI is InChI=1S/C23H26N2O3/c1-4-28-21-10-7-18(8-11-21)16(2)25-23(26)24-15-17-5-6-20-14-22(27-3)12-9-19(20)13-17/h5-14,16H,4,15H2,1-3H3,(H2,24,25,26). The molecule has 0 aliphatic rings. The molecule has 0 fully saturated rings. The summed E-state index contributed by atoms with van der Waals surface area (Å²) in [6, 6.07) is 19.5. The van der Waals surface area contributed by atoms with E-state index in [0.717, 1.165) is 33.4 Å². The number of methoxy groups -OCH3 is 1. The average Bonchev–Trinajstić information content (AvgIpc) is 2.72. The van der Waals surface area contributed by atoms with Gasteiger partial charge in [0.25, 0.3) is 0 Å². The molecule has 0 aromatic heterocycles. The fourth-order valence-corrected chi connectivity index (χ4v) is 3.04. The molecule has 0 saturated heterocycles. The molecule has 0 aliphatic carbocycles. The summed E-state index contributed by atoms with van der Waals surface area (Å²) in [5.74, 6) is 1.66. The number of hydrogen-bond donors (Lipinski definition) is 2. The first kappa shape index (κ1) is 19.5. The fourth-order valence-electron chi connectivity index (χ4n) is 3.04. The van der Waals surface area contributed by atoms with Crippen LogP contribution in [0.2, 0.25) is 0 Å². The molecular formula is C23H26N2O3. The van der Waals surface area contributed by atoms with Crippen molar-refractivity contribution in [3.63, 3.8) is 0 Å². The van der Waals surface area contributed by atoms with E-state index >= 15 is 0 Å². The molecule has 0 aliphatic heterocycles. The van der Waals surface area contributed by atoms with Crippen molar-refractivity contribution in [2.75, 3.05) is 13.7 Å². The Morgan fingerprint density at radius 1 is 0.964 bits per heavy atom. The first-order chi connectivity index (χ1) is 13.6. The van der Waals surface area contributed by atoms with Crippen LogP contribution in [0, 0.1) is 0 Å². The van der Waals surface area contributed by atoms with Crippen molar-refractivity contribution < 1.29 is 14.3 Å². The molecule has 2 amide bonds. The number of urea groups is 1. The Morgan fingerprint density at radius 3 is 2.36 bits per heavy atom. The number of benzene rings is 3. The quantitative estimate of drug-likeness (QED) is 0.620. The highest BCUT2D eigenvalue weighted by Gasteiger charge is 2.09. The first-order valence-electron chi connectivity index (χ1n) is 9.43. The van der Waals surface area contributed by atoms with Gasteiger partial charge in [0.1, 0.15) is 11.5 Å². The topological polar surface area (TPSA) is 59.6 Å². The van der Waals surface area contributed by atoms with E-state index in [9.17, 15) is 4.79 Å². The number of nitrogens with one attached hydrogen (secondary N) is 2. The molecular weight excluding hydrogens is 352 g/mol. The third-order valence-electron chi connectivity index (χ3n) is 4.60. The van der Waals surface area contributed by atoms with Gasteiger partial charge in [-0.25, -0.2) is 4.79 Å². The number of hydrogen-bond acceptors (Lipinski definition) is 3. The van der Waals surface area contributed by atoms with Crippen LogP contribution in [0.25, 0.3) is 10.8 Å². The average molecular weight is 378 g/mol. The van der Waals surface area contributed by atoms with E-state index in [1.54, 1.807) is 7.11 Å². The number of rotatable bonds is 7. The van der Waals surface area contributed by atoms with E-state index in [2.05, 4.69) is 16.7 Å². The molecule has 5 heteroatoms. The molecule has 0 heterocycles. The van der Waals surface area contributed by atoms with Crippen LogP contribution >= 0.6 is 0 Å². The van der Waals surface area contributed by atoms with Gasteiger partial charge in [-0.2, -0.15) is 0 Å². The van der Waals surface area contributed by atoms with Crippen molar-refractivity contribution in [2.45, 2.75) is 26.4 Å². The number of carbonyl (C=O) groups is 1. The maximum atomic E-state index is 12.3. The number of carbonyl (C=O) groups excluding carboxylic acids is 1. The minimum absolute atomic E-state index is 0.0975. The van der Waals surface area contributed by atoms with Crippen LogP contribution < -0.4 is 20.1 Å². The second kappa shape index (κ2) is 9.13. The van der Waals surface area contributed by atoms with E-state index in [0.29, 0.717) is 13.2 Å². The molecule has 0 bridgehead atoms. The molecule has 3 rings (SSSR count). The van der Waals surface area contributed by atoms with Gasteiger partial charge in [-0.3, -0.25) is 0 Å². The minimum atomic E-state index is -0.198. The van der Waals surface area contributed by atoms with E-state index < -0.39 is 0 Å². The highest BCUT2D eigenvalue weighted by molar-refractivity contribution is 5.84. The third kappa shape index (κ3) is 4.94. The lowest BCUT2D eigenvalue weighted by atomic mass is 10.1. The number of ether oxygens (including phenoxy) is 2. The predicted molar refractivity (Wildman–Crippen MR) is 112 cm³/mol. The maximum Gasteiger partial charge on any atom is 0.315 e. The summed E-state index contributed by atoms with van der Waals surface area (Å²) in [4.78, 5) is 12.3. The predicted octanol–water partition coefficient (Wildman–Crippen LogP) is 4.81. The molecule has 5 nitrogen and oxygen atoms in total. The van der Waals surface area contributed by atoms with Crippen LogP contribution in [0.5, 0.6) is 11.5 Å². The van der Waals surface area contributed by atoms with Crippen LogP contribution in [-0.2, 0) is 6.54 Å². The summed E-state index contributed by atoms with van der Waals surface area (Å²) in [5, 5.41) is 8.10. The lowest BCUT2D eigenvalue weighted by Crippen LogP contribution is -2.36. The molecule has 146 valence electrons. The Kier molecular flexibility index (Phi) is 6.37. The second-order valence-corrected chi connectivity index (χ2v) is 6.60. The maximum absolute atomic E-state index is 12.3. The van der Waals surface area contributed by atoms with E-state index in [1.165, 1.54) is 0 Å². The fraction of sp³-hybridized carbons (Fsp3) is 0.261. The van der Waals surface area contributed by atoms with Gasteiger partial charge in [0.15, 0.2) is 0 Å². The van der Waals surface area contributed by atoms with Crippen molar-refractivity contribution >= 4 is 16.8 Å². The third-order valence-corrected chi connectivity index (χ3v) is 4.60. The Labute approximate surface area is 165 Å². The van der Waals surface area contributed by atoms with Gasteiger partial charge in [0.05, 0.1) is 19.8 Å². The van der Waals surface area contributed by atoms with Gasteiger partial charge in [-0.1, -0.05) is 30.3 Å². The van der Waals surface area contributed by atoms with Gasteiger partial charge in [-0.05, 0) is 66.1 Å². The highest BCUT2D eigenvalue weighted by atomic mass is 16.5. The number of fused-ring (bicyclic) bond motifs is 1. The summed E-state index contributed by atoms with van der Waals surface area (Å²) in [6.07, 6.45) is 0. The monoisotopic (exact) mass is 378 g/mol. The van der Waals surface area contributed by atoms with Gasteiger partial charge >= 0.3 is 6.03 Å². The molecule has 3 aromatic carbocycles. The SMILES string of the molecule is CCOc1ccc(C(C)NC(=O)NCc2ccc3cc(OC)ccc3c2)cc1. The Balaban J connectivity index is 1.55. The van der Waals surface area contributed by atoms with Crippen LogP contribution in [-0.4, -0.2) is 19.7 Å². The molecule has 0 spiro atoms. The molecule has 0 radical (unpaired) electrons. The van der Waals surface area contributed by atoms with Crippen molar-refractivity contribution in [3.8, 4) is 11.5 Å². The second-order valence-electron chi connectivity index (χ2n) is 6.60. The number of amides is 2. The molecule has 1 unspecified atom stereocenters. The summed E-state index contributed by atoms with van der Waals surface area (Å²) in [6.45, 7) is 5.01. The molecule has 28 heavy (non-hydrogen) atoms.